The lowest BCUT2D eigenvalue weighted by molar-refractivity contribution is 0.164. The maximum atomic E-state index is 12.7. The maximum absolute atomic E-state index is 12.7. The van der Waals surface area contributed by atoms with Crippen molar-refractivity contribution in [3.8, 4) is 5.69 Å². The van der Waals surface area contributed by atoms with Gasteiger partial charge in [-0.15, -0.1) is 0 Å². The Morgan fingerprint density at radius 2 is 2.27 bits per heavy atom. The second-order valence-electron chi connectivity index (χ2n) is 4.16. The van der Waals surface area contributed by atoms with Crippen molar-refractivity contribution in [2.24, 2.45) is 5.73 Å². The van der Waals surface area contributed by atoms with Gasteiger partial charge in [0.1, 0.15) is 17.5 Å². The van der Waals surface area contributed by atoms with Crippen molar-refractivity contribution < 1.29 is 13.9 Å². The molecule has 0 aliphatic heterocycles. The summed E-state index contributed by atoms with van der Waals surface area (Å²) in [6.45, 7) is -0.523. The van der Waals surface area contributed by atoms with Gasteiger partial charge < -0.3 is 10.5 Å². The Bertz CT molecular complexity index is 753. The van der Waals surface area contributed by atoms with E-state index in [1.807, 2.05) is 0 Å². The molecule has 8 nitrogen and oxygen atoms in total. The molecule has 0 bridgehead atoms. The number of hydrogen-bond acceptors (Lipinski definition) is 5. The van der Waals surface area contributed by atoms with E-state index in [2.05, 4.69) is 30.7 Å². The van der Waals surface area contributed by atoms with Gasteiger partial charge in [-0.25, -0.2) is 28.2 Å². The highest BCUT2D eigenvalue weighted by atomic mass is 79.9. The van der Waals surface area contributed by atoms with Gasteiger partial charge >= 0.3 is 11.8 Å². The second-order valence-corrected chi connectivity index (χ2v) is 4.97. The monoisotopic (exact) mass is 371 g/mol. The molecule has 0 spiro atoms. The number of amides is 1. The Morgan fingerprint density at radius 1 is 1.50 bits per heavy atom. The molecule has 2 aromatic heterocycles. The van der Waals surface area contributed by atoms with E-state index in [0.717, 1.165) is 4.68 Å². The number of nitrogens with two attached hydrogens (primary N) is 1. The number of primary amides is 1. The van der Waals surface area contributed by atoms with E-state index in [9.17, 15) is 14.0 Å². The molecule has 0 saturated heterocycles. The lowest BCUT2D eigenvalue weighted by Crippen LogP contribution is -2.26. The number of halogens is 2. The maximum Gasteiger partial charge on any atom is 0.404 e. The third-order valence-corrected chi connectivity index (χ3v) is 3.10. The number of carbonyl (C=O) groups is 1. The molecule has 10 heteroatoms. The summed E-state index contributed by atoms with van der Waals surface area (Å²) in [7, 11) is 0. The Morgan fingerprint density at radius 3 is 2.86 bits per heavy atom. The van der Waals surface area contributed by atoms with Crippen LogP contribution in [0.4, 0.5) is 9.18 Å². The predicted octanol–water partition coefficient (Wildman–Crippen LogP) is 1.14. The Hall–Kier alpha value is -2.49. The third-order valence-electron chi connectivity index (χ3n) is 2.63. The minimum Gasteiger partial charge on any atom is -0.445 e. The van der Waals surface area contributed by atoms with E-state index >= 15 is 0 Å². The number of nitrogens with zero attached hydrogens (tertiary/aromatic N) is 4. The molecule has 22 heavy (non-hydrogen) atoms. The quantitative estimate of drug-likeness (QED) is 0.793. The molecule has 0 fully saturated rings. The number of pyridine rings is 1. The minimum atomic E-state index is -1.03. The first-order valence-corrected chi connectivity index (χ1v) is 6.77. The van der Waals surface area contributed by atoms with Gasteiger partial charge in [-0.1, -0.05) is 0 Å². The van der Waals surface area contributed by atoms with Crippen molar-refractivity contribution >= 4 is 22.0 Å². The Balaban J connectivity index is 2.19. The molecule has 0 aliphatic carbocycles. The molecule has 0 radical (unpaired) electrons. The van der Waals surface area contributed by atoms with Crippen LogP contribution in [0.15, 0.2) is 46.0 Å². The Kier molecular flexibility index (Phi) is 5.04. The highest BCUT2D eigenvalue weighted by Crippen LogP contribution is 2.08. The molecule has 0 unspecified atom stereocenters. The summed E-state index contributed by atoms with van der Waals surface area (Å²) < 4.78 is 20.1. The van der Waals surface area contributed by atoms with Gasteiger partial charge in [0.25, 0.3) is 0 Å². The summed E-state index contributed by atoms with van der Waals surface area (Å²) in [4.78, 5) is 26.7. The second kappa shape index (κ2) is 6.98. The van der Waals surface area contributed by atoms with Crippen LogP contribution in [0.1, 0.15) is 0 Å². The van der Waals surface area contributed by atoms with Gasteiger partial charge in [0.2, 0.25) is 0 Å². The van der Waals surface area contributed by atoms with Crippen LogP contribution >= 0.6 is 15.9 Å². The molecule has 0 aliphatic rings. The molecule has 2 heterocycles. The van der Waals surface area contributed by atoms with Crippen LogP contribution in [-0.4, -0.2) is 32.0 Å². The summed E-state index contributed by atoms with van der Waals surface area (Å²) in [6, 6.07) is 3.35. The fourth-order valence-electron chi connectivity index (χ4n) is 1.60. The van der Waals surface area contributed by atoms with E-state index in [-0.39, 0.29) is 25.1 Å². The topological polar surface area (TPSA) is 105 Å². The van der Waals surface area contributed by atoms with Crippen LogP contribution in [0.25, 0.3) is 5.69 Å². The van der Waals surface area contributed by atoms with Crippen LogP contribution in [0, 0.1) is 0 Å². The van der Waals surface area contributed by atoms with Gasteiger partial charge in [-0.3, -0.25) is 0 Å². The van der Waals surface area contributed by atoms with Crippen LogP contribution in [-0.2, 0) is 11.3 Å². The third kappa shape index (κ3) is 3.79. The number of ether oxygens (including phenoxy) is 1. The number of hydrogen-bond donors (Lipinski definition) is 1. The summed E-state index contributed by atoms with van der Waals surface area (Å²) in [6.07, 6.45) is 1.99. The normalized spacial score (nSPS) is 11.5. The van der Waals surface area contributed by atoms with E-state index in [1.165, 1.54) is 17.1 Å². The first-order valence-electron chi connectivity index (χ1n) is 5.98. The van der Waals surface area contributed by atoms with Crippen molar-refractivity contribution in [2.45, 2.75) is 6.54 Å². The number of aromatic nitrogens is 4. The van der Waals surface area contributed by atoms with Gasteiger partial charge in [-0.2, -0.15) is 5.10 Å². The molecular weight excluding hydrogens is 361 g/mol. The van der Waals surface area contributed by atoms with Crippen LogP contribution in [0.3, 0.4) is 0 Å². The summed E-state index contributed by atoms with van der Waals surface area (Å²) in [5, 5.41) is 3.88. The summed E-state index contributed by atoms with van der Waals surface area (Å²) in [5.74, 6) is 0. The van der Waals surface area contributed by atoms with Crippen LogP contribution in [0.5, 0.6) is 0 Å². The van der Waals surface area contributed by atoms with Gasteiger partial charge in [0.05, 0.1) is 24.8 Å². The molecule has 2 rings (SSSR count). The zero-order valence-corrected chi connectivity index (χ0v) is 12.7. The molecule has 116 valence electrons. The predicted molar refractivity (Wildman–Crippen MR) is 78.0 cm³/mol. The van der Waals surface area contributed by atoms with Crippen molar-refractivity contribution in [1.82, 2.24) is 19.3 Å². The molecule has 1 amide bonds. The fraction of sp³-hybridized carbons (Fsp3) is 0.167. The van der Waals surface area contributed by atoms with Crippen LogP contribution in [0.2, 0.25) is 0 Å². The average Bonchev–Trinajstić information content (AvgIpc) is 2.85. The largest absolute Gasteiger partial charge is 0.445 e. The van der Waals surface area contributed by atoms with Gasteiger partial charge in [0, 0.05) is 5.57 Å². The Labute approximate surface area is 132 Å². The lowest BCUT2D eigenvalue weighted by Gasteiger charge is -2.05. The highest BCUT2D eigenvalue weighted by molar-refractivity contribution is 9.10. The van der Waals surface area contributed by atoms with E-state index in [1.54, 1.807) is 12.1 Å². The van der Waals surface area contributed by atoms with Crippen molar-refractivity contribution in [1.29, 1.82) is 0 Å². The van der Waals surface area contributed by atoms with E-state index in [4.69, 9.17) is 5.73 Å². The minimum absolute atomic E-state index is 0.0417. The van der Waals surface area contributed by atoms with Gasteiger partial charge in [-0.05, 0) is 28.1 Å². The zero-order chi connectivity index (χ0) is 16.1. The number of rotatable bonds is 5. The molecule has 0 aromatic carbocycles. The smallest absolute Gasteiger partial charge is 0.404 e. The van der Waals surface area contributed by atoms with Crippen molar-refractivity contribution in [3.05, 3.63) is 51.6 Å². The fourth-order valence-corrected chi connectivity index (χ4v) is 1.84. The number of carbonyl (C=O) groups excluding carboxylic acids is 1. The van der Waals surface area contributed by atoms with E-state index in [0.29, 0.717) is 10.3 Å². The SMILES string of the molecule is NC(=O)OC/C(=C/F)Cn1ncn(-c2ccc(Br)nc2)c1=O. The zero-order valence-electron chi connectivity index (χ0n) is 11.1. The lowest BCUT2D eigenvalue weighted by atomic mass is 10.3. The first kappa shape index (κ1) is 15.9. The molecule has 0 atom stereocenters. The molecular formula is C12H11BrFN5O3. The van der Waals surface area contributed by atoms with Gasteiger partial charge in [0.15, 0.2) is 0 Å². The standard InChI is InChI=1S/C12H11BrFN5O3/c13-10-2-1-9(4-16-10)18-7-17-19(12(18)21)5-8(3-14)6-22-11(15)20/h1-4,7H,5-6H2,(H2,15,20)/b8-3+. The molecule has 0 saturated carbocycles. The van der Waals surface area contributed by atoms with Crippen molar-refractivity contribution in [2.75, 3.05) is 6.61 Å². The summed E-state index contributed by atoms with van der Waals surface area (Å²) >= 11 is 3.19. The van der Waals surface area contributed by atoms with Crippen molar-refractivity contribution in [3.63, 3.8) is 0 Å². The molecule has 2 aromatic rings. The highest BCUT2D eigenvalue weighted by Gasteiger charge is 2.10. The van der Waals surface area contributed by atoms with Crippen LogP contribution < -0.4 is 11.4 Å². The average molecular weight is 372 g/mol. The summed E-state index contributed by atoms with van der Waals surface area (Å²) in [5.41, 5.74) is 4.87. The van der Waals surface area contributed by atoms with E-state index < -0.39 is 11.8 Å². The first-order chi connectivity index (χ1) is 10.5. The molecule has 2 N–H and O–H groups in total.